The monoisotopic (exact) mass is 441 g/mol. The fraction of sp³-hybridized carbons (Fsp3) is 0.381. The fourth-order valence-corrected chi connectivity index (χ4v) is 3.83. The average Bonchev–Trinajstić information content (AvgIpc) is 3.39. The zero-order chi connectivity index (χ0) is 22.4. The topological polar surface area (TPSA) is 97.9 Å². The highest BCUT2D eigenvalue weighted by atomic mass is 19.1. The first-order chi connectivity index (χ1) is 15.4. The summed E-state index contributed by atoms with van der Waals surface area (Å²) in [5, 5.41) is 11.3. The van der Waals surface area contributed by atoms with E-state index in [0.717, 1.165) is 36.7 Å². The van der Waals surface area contributed by atoms with Crippen LogP contribution < -0.4 is 10.2 Å². The molecule has 0 spiro atoms. The Labute approximate surface area is 182 Å². The van der Waals surface area contributed by atoms with Gasteiger partial charge in [-0.2, -0.15) is 5.10 Å². The molecule has 166 valence electrons. The van der Waals surface area contributed by atoms with Gasteiger partial charge in [0.1, 0.15) is 29.8 Å². The summed E-state index contributed by atoms with van der Waals surface area (Å²) in [5.41, 5.74) is 1.09. The normalized spacial score (nSPS) is 18.4. The van der Waals surface area contributed by atoms with Gasteiger partial charge in [0.05, 0.1) is 12.2 Å². The average molecular weight is 441 g/mol. The van der Waals surface area contributed by atoms with Gasteiger partial charge in [-0.1, -0.05) is 0 Å². The number of fused-ring (bicyclic) bond motifs is 1. The lowest BCUT2D eigenvalue weighted by molar-refractivity contribution is -0.120. The maximum atomic E-state index is 13.8. The molecule has 1 N–H and O–H groups in total. The summed E-state index contributed by atoms with van der Waals surface area (Å²) in [6, 6.07) is 4.30. The van der Waals surface area contributed by atoms with Crippen LogP contribution in [0.15, 0.2) is 30.6 Å². The zero-order valence-corrected chi connectivity index (χ0v) is 17.3. The van der Waals surface area contributed by atoms with Gasteiger partial charge >= 0.3 is 0 Å². The van der Waals surface area contributed by atoms with Gasteiger partial charge in [0, 0.05) is 31.1 Å². The van der Waals surface area contributed by atoms with Crippen LogP contribution in [0, 0.1) is 11.6 Å². The van der Waals surface area contributed by atoms with Crippen molar-refractivity contribution in [2.45, 2.75) is 44.3 Å². The third-order valence-corrected chi connectivity index (χ3v) is 5.76. The molecule has 11 heteroatoms. The van der Waals surface area contributed by atoms with E-state index < -0.39 is 23.6 Å². The number of anilines is 1. The summed E-state index contributed by atoms with van der Waals surface area (Å²) in [5.74, 6) is -0.977. The predicted molar refractivity (Wildman–Crippen MR) is 109 cm³/mol. The Morgan fingerprint density at radius 1 is 1.19 bits per heavy atom. The Morgan fingerprint density at radius 3 is 2.78 bits per heavy atom. The SMILES string of the molecule is CN1C(=O)[C@@H](NC(=O)c2ncn(Cc3cc(F)ccc3F)n2)CCn2nc(C3CC3)cc21. The van der Waals surface area contributed by atoms with Gasteiger partial charge < -0.3 is 5.32 Å². The maximum absolute atomic E-state index is 13.8. The number of carbonyl (C=O) groups excluding carboxylic acids is 2. The molecule has 3 aromatic rings. The molecule has 2 aromatic heterocycles. The highest BCUT2D eigenvalue weighted by Gasteiger charge is 2.34. The van der Waals surface area contributed by atoms with Crippen molar-refractivity contribution < 1.29 is 18.4 Å². The summed E-state index contributed by atoms with van der Waals surface area (Å²) in [6.07, 6.45) is 3.88. The molecule has 3 heterocycles. The van der Waals surface area contributed by atoms with E-state index in [2.05, 4.69) is 20.5 Å². The van der Waals surface area contributed by atoms with Gasteiger partial charge in [-0.25, -0.2) is 23.1 Å². The van der Waals surface area contributed by atoms with E-state index in [4.69, 9.17) is 0 Å². The molecule has 5 rings (SSSR count). The van der Waals surface area contributed by atoms with Crippen LogP contribution in [0.4, 0.5) is 14.6 Å². The fourth-order valence-electron chi connectivity index (χ4n) is 3.83. The minimum absolute atomic E-state index is 0.0839. The van der Waals surface area contributed by atoms with E-state index >= 15 is 0 Å². The molecule has 1 saturated carbocycles. The number of amides is 2. The number of benzene rings is 1. The third-order valence-electron chi connectivity index (χ3n) is 5.76. The van der Waals surface area contributed by atoms with Crippen molar-refractivity contribution in [3.63, 3.8) is 0 Å². The van der Waals surface area contributed by atoms with Crippen LogP contribution in [-0.2, 0) is 17.9 Å². The summed E-state index contributed by atoms with van der Waals surface area (Å²) in [6.45, 7) is 0.406. The van der Waals surface area contributed by atoms with E-state index in [1.54, 1.807) is 11.7 Å². The second-order valence-corrected chi connectivity index (χ2v) is 8.14. The lowest BCUT2D eigenvalue weighted by Gasteiger charge is -2.19. The lowest BCUT2D eigenvalue weighted by atomic mass is 10.2. The first-order valence-electron chi connectivity index (χ1n) is 10.4. The van der Waals surface area contributed by atoms with Crippen molar-refractivity contribution in [1.29, 1.82) is 0 Å². The second-order valence-electron chi connectivity index (χ2n) is 8.14. The number of halogens is 2. The Hall–Kier alpha value is -3.63. The number of carbonyl (C=O) groups is 2. The van der Waals surface area contributed by atoms with E-state index in [9.17, 15) is 18.4 Å². The zero-order valence-electron chi connectivity index (χ0n) is 17.3. The maximum Gasteiger partial charge on any atom is 0.291 e. The minimum atomic E-state index is -0.758. The van der Waals surface area contributed by atoms with Crippen molar-refractivity contribution in [2.24, 2.45) is 0 Å². The summed E-state index contributed by atoms with van der Waals surface area (Å²) in [4.78, 5) is 31.0. The first kappa shape index (κ1) is 20.3. The molecule has 0 saturated heterocycles. The van der Waals surface area contributed by atoms with Gasteiger partial charge in [0.2, 0.25) is 5.82 Å². The van der Waals surface area contributed by atoms with Crippen LogP contribution in [0.3, 0.4) is 0 Å². The van der Waals surface area contributed by atoms with Crippen LogP contribution in [-0.4, -0.2) is 49.4 Å². The molecule has 1 aliphatic carbocycles. The molecule has 2 amide bonds. The van der Waals surface area contributed by atoms with Crippen LogP contribution in [0.5, 0.6) is 0 Å². The van der Waals surface area contributed by atoms with Crippen LogP contribution in [0.25, 0.3) is 0 Å². The number of nitrogens with one attached hydrogen (secondary N) is 1. The number of hydrogen-bond acceptors (Lipinski definition) is 5. The smallest absolute Gasteiger partial charge is 0.291 e. The van der Waals surface area contributed by atoms with Crippen LogP contribution >= 0.6 is 0 Å². The largest absolute Gasteiger partial charge is 0.337 e. The summed E-state index contributed by atoms with van der Waals surface area (Å²) in [7, 11) is 1.66. The number of nitrogens with zero attached hydrogens (tertiary/aromatic N) is 6. The van der Waals surface area contributed by atoms with Gasteiger partial charge in [-0.05, 0) is 37.5 Å². The number of rotatable bonds is 5. The number of aryl methyl sites for hydroxylation is 1. The molecule has 1 aliphatic heterocycles. The van der Waals surface area contributed by atoms with Crippen LogP contribution in [0.1, 0.15) is 47.1 Å². The van der Waals surface area contributed by atoms with Crippen molar-refractivity contribution in [3.05, 3.63) is 59.3 Å². The number of hydrogen-bond donors (Lipinski definition) is 1. The molecule has 32 heavy (non-hydrogen) atoms. The van der Waals surface area contributed by atoms with E-state index in [0.29, 0.717) is 24.7 Å². The van der Waals surface area contributed by atoms with Gasteiger partial charge in [0.25, 0.3) is 11.8 Å². The molecular formula is C21H21F2N7O2. The highest BCUT2D eigenvalue weighted by molar-refractivity contribution is 6.00. The predicted octanol–water partition coefficient (Wildman–Crippen LogP) is 1.84. The Kier molecular flexibility index (Phi) is 4.95. The first-order valence-corrected chi connectivity index (χ1v) is 10.4. The molecular weight excluding hydrogens is 420 g/mol. The van der Waals surface area contributed by atoms with E-state index in [-0.39, 0.29) is 23.8 Å². The van der Waals surface area contributed by atoms with Gasteiger partial charge in [0.15, 0.2) is 0 Å². The van der Waals surface area contributed by atoms with Crippen molar-refractivity contribution in [1.82, 2.24) is 29.9 Å². The Morgan fingerprint density at radius 2 is 2.00 bits per heavy atom. The molecule has 9 nitrogen and oxygen atoms in total. The second kappa shape index (κ2) is 7.81. The van der Waals surface area contributed by atoms with Crippen molar-refractivity contribution in [3.8, 4) is 0 Å². The van der Waals surface area contributed by atoms with Crippen LogP contribution in [0.2, 0.25) is 0 Å². The molecule has 0 unspecified atom stereocenters. The van der Waals surface area contributed by atoms with Gasteiger partial charge in [-0.3, -0.25) is 14.5 Å². The van der Waals surface area contributed by atoms with E-state index in [1.165, 1.54) is 15.9 Å². The van der Waals surface area contributed by atoms with Crippen molar-refractivity contribution >= 4 is 17.6 Å². The molecule has 0 bridgehead atoms. The molecule has 1 fully saturated rings. The van der Waals surface area contributed by atoms with Crippen molar-refractivity contribution in [2.75, 3.05) is 11.9 Å². The molecule has 1 atom stereocenters. The molecule has 1 aromatic carbocycles. The molecule has 2 aliphatic rings. The summed E-state index contributed by atoms with van der Waals surface area (Å²) < 4.78 is 30.3. The number of likely N-dealkylation sites (N-methyl/N-ethyl adjacent to an activating group) is 1. The van der Waals surface area contributed by atoms with Gasteiger partial charge in [-0.15, -0.1) is 5.10 Å². The highest BCUT2D eigenvalue weighted by Crippen LogP contribution is 2.40. The molecule has 0 radical (unpaired) electrons. The minimum Gasteiger partial charge on any atom is -0.337 e. The Balaban J connectivity index is 1.26. The van der Waals surface area contributed by atoms with E-state index in [1.807, 2.05) is 6.07 Å². The summed E-state index contributed by atoms with van der Waals surface area (Å²) >= 11 is 0. The third kappa shape index (κ3) is 3.85. The number of aromatic nitrogens is 5. The Bertz CT molecular complexity index is 1200. The quantitative estimate of drug-likeness (QED) is 0.652. The standard InChI is InChI=1S/C21H21F2N7O2/c1-28-18-9-17(12-2-3-12)26-30(18)7-6-16(21(28)32)25-20(31)19-24-11-29(27-19)10-13-8-14(22)4-5-15(13)23/h4-5,8-9,11-12,16H,2-3,6-7,10H2,1H3,(H,25,31)/t16-/m0/s1. The lowest BCUT2D eigenvalue weighted by Crippen LogP contribution is -2.47.